The Kier molecular flexibility index (Phi) is 8.91. The number of unbranched alkanes of at least 4 members (excludes halogenated alkanes) is 1. The van der Waals surface area contributed by atoms with Crippen molar-refractivity contribution in [3.8, 4) is 41.3 Å². The summed E-state index contributed by atoms with van der Waals surface area (Å²) in [5.41, 5.74) is -0.274. The van der Waals surface area contributed by atoms with Crippen molar-refractivity contribution < 1.29 is 35.5 Å². The zero-order valence-electron chi connectivity index (χ0n) is 21.4. The molecule has 0 aliphatic rings. The van der Waals surface area contributed by atoms with Gasteiger partial charge in [-0.3, -0.25) is 0 Å². The van der Waals surface area contributed by atoms with Crippen molar-refractivity contribution in [2.75, 3.05) is 6.61 Å². The van der Waals surface area contributed by atoms with Gasteiger partial charge in [0.1, 0.15) is 29.0 Å². The zero-order chi connectivity index (χ0) is 29.6. The van der Waals surface area contributed by atoms with E-state index in [1.54, 1.807) is 6.07 Å². The van der Waals surface area contributed by atoms with Crippen molar-refractivity contribution in [2.45, 2.75) is 25.9 Å². The van der Waals surface area contributed by atoms with Crippen molar-refractivity contribution >= 4 is 10.8 Å². The molecule has 0 aromatic heterocycles. The van der Waals surface area contributed by atoms with Gasteiger partial charge in [-0.05, 0) is 60.3 Å². The summed E-state index contributed by atoms with van der Waals surface area (Å²) in [6.45, 7) is 2.50. The predicted octanol–water partition coefficient (Wildman–Crippen LogP) is 8.29. The van der Waals surface area contributed by atoms with Gasteiger partial charge < -0.3 is 4.74 Å². The summed E-state index contributed by atoms with van der Waals surface area (Å²) >= 11 is 0. The molecule has 0 aliphatic carbocycles. The average Bonchev–Trinajstić information content (AvgIpc) is 2.91. The Morgan fingerprint density at radius 1 is 0.683 bits per heavy atom. The fourth-order valence-electron chi connectivity index (χ4n) is 3.65. The Balaban J connectivity index is 1.53. The number of hydrogen-bond donors (Lipinski definition) is 0. The summed E-state index contributed by atoms with van der Waals surface area (Å²) in [7, 11) is 0. The number of halogens is 7. The van der Waals surface area contributed by atoms with E-state index < -0.39 is 35.0 Å². The van der Waals surface area contributed by atoms with Crippen LogP contribution in [0.2, 0.25) is 0 Å². The third-order valence-electron chi connectivity index (χ3n) is 5.72. The number of fused-ring (bicyclic) bond motifs is 1. The molecule has 0 fully saturated rings. The summed E-state index contributed by atoms with van der Waals surface area (Å²) in [5, 5.41) is -0.101. The lowest BCUT2D eigenvalue weighted by Crippen LogP contribution is -2.02. The van der Waals surface area contributed by atoms with Crippen LogP contribution in [0.4, 0.5) is 30.7 Å². The minimum atomic E-state index is -4.90. The molecule has 0 heterocycles. The Morgan fingerprint density at radius 3 is 1.95 bits per heavy atom. The first-order valence-corrected chi connectivity index (χ1v) is 12.3. The Bertz CT molecular complexity index is 1800. The molecule has 0 aliphatic heterocycles. The van der Waals surface area contributed by atoms with Gasteiger partial charge in [-0.2, -0.15) is 13.2 Å². The highest BCUT2D eigenvalue weighted by Gasteiger charge is 2.24. The molecule has 0 radical (unpaired) electrons. The maximum atomic E-state index is 14.7. The highest BCUT2D eigenvalue weighted by atomic mass is 19.4. The van der Waals surface area contributed by atoms with Gasteiger partial charge in [0.25, 0.3) is 0 Å². The Hall–Kier alpha value is -4.87. The molecule has 0 amide bonds. The molecule has 41 heavy (non-hydrogen) atoms. The van der Waals surface area contributed by atoms with Gasteiger partial charge in [-0.1, -0.05) is 49.0 Å². The molecule has 0 spiro atoms. The quantitative estimate of drug-likeness (QED) is 0.138. The molecular weight excluding hydrogens is 545 g/mol. The second-order valence-corrected chi connectivity index (χ2v) is 8.77. The fourth-order valence-corrected chi connectivity index (χ4v) is 3.65. The topological polar surface area (TPSA) is 9.23 Å². The van der Waals surface area contributed by atoms with Gasteiger partial charge in [0, 0.05) is 28.5 Å². The molecule has 4 rings (SSSR count). The van der Waals surface area contributed by atoms with Crippen molar-refractivity contribution in [1.29, 1.82) is 0 Å². The van der Waals surface area contributed by atoms with E-state index in [9.17, 15) is 30.7 Å². The van der Waals surface area contributed by atoms with E-state index in [0.29, 0.717) is 12.4 Å². The SMILES string of the molecule is CCCCOc1ccc(C#Cc2ccc(C#Cc3ccc4c(F)c(C#CC(F)(F)F)c(F)cc4c3)c(F)c2)c(F)c1. The van der Waals surface area contributed by atoms with Gasteiger partial charge in [0.2, 0.25) is 0 Å². The smallest absolute Gasteiger partial charge is 0.458 e. The van der Waals surface area contributed by atoms with E-state index >= 15 is 0 Å². The minimum Gasteiger partial charge on any atom is -0.493 e. The largest absolute Gasteiger partial charge is 0.493 e. The maximum absolute atomic E-state index is 14.7. The zero-order valence-corrected chi connectivity index (χ0v) is 21.4. The lowest BCUT2D eigenvalue weighted by molar-refractivity contribution is -0.0696. The molecule has 4 aromatic carbocycles. The second-order valence-electron chi connectivity index (χ2n) is 8.77. The highest BCUT2D eigenvalue weighted by molar-refractivity contribution is 5.86. The van der Waals surface area contributed by atoms with Crippen molar-refractivity contribution in [2.24, 2.45) is 0 Å². The van der Waals surface area contributed by atoms with Gasteiger partial charge in [0.15, 0.2) is 0 Å². The maximum Gasteiger partial charge on any atom is 0.458 e. The van der Waals surface area contributed by atoms with Crippen molar-refractivity contribution in [3.63, 3.8) is 0 Å². The van der Waals surface area contributed by atoms with Crippen LogP contribution in [0.1, 0.15) is 47.6 Å². The fraction of sp³-hybridized carbons (Fsp3) is 0.152. The van der Waals surface area contributed by atoms with E-state index in [-0.39, 0.29) is 33.0 Å². The van der Waals surface area contributed by atoms with E-state index in [0.717, 1.165) is 30.9 Å². The second kappa shape index (κ2) is 12.5. The van der Waals surface area contributed by atoms with Gasteiger partial charge in [-0.25, -0.2) is 17.6 Å². The first-order chi connectivity index (χ1) is 19.5. The number of hydrogen-bond acceptors (Lipinski definition) is 1. The van der Waals surface area contributed by atoms with Crippen LogP contribution in [0, 0.1) is 58.8 Å². The standard InChI is InChI=1S/C33H19F7O/c1-2-3-16-41-26-12-11-24(30(35)20-26)10-6-22-5-9-23(29(34)18-22)8-4-21-7-13-27-25(17-21)19-31(36)28(32(27)37)14-15-33(38,39)40/h5,7,9,11-13,17-20H,2-3,16H2,1H3. The normalized spacial score (nSPS) is 10.6. The Labute approximate surface area is 232 Å². The number of ether oxygens (including phenoxy) is 1. The molecule has 0 saturated carbocycles. The van der Waals surface area contributed by atoms with Crippen LogP contribution in [0.5, 0.6) is 5.75 Å². The van der Waals surface area contributed by atoms with Gasteiger partial charge in [-0.15, -0.1) is 0 Å². The first kappa shape index (κ1) is 29.1. The van der Waals surface area contributed by atoms with Crippen molar-refractivity contribution in [1.82, 2.24) is 0 Å². The van der Waals surface area contributed by atoms with Crippen LogP contribution in [-0.4, -0.2) is 12.8 Å². The summed E-state index contributed by atoms with van der Waals surface area (Å²) < 4.78 is 100. The van der Waals surface area contributed by atoms with Crippen molar-refractivity contribution in [3.05, 3.63) is 112 Å². The van der Waals surface area contributed by atoms with E-state index in [1.807, 2.05) is 6.92 Å². The lowest BCUT2D eigenvalue weighted by atomic mass is 10.0. The summed E-state index contributed by atoms with van der Waals surface area (Å²) in [5.74, 6) is 9.71. The van der Waals surface area contributed by atoms with Crippen LogP contribution in [0.15, 0.2) is 60.7 Å². The molecule has 4 aromatic rings. The van der Waals surface area contributed by atoms with Crippen LogP contribution < -0.4 is 4.74 Å². The third kappa shape index (κ3) is 7.62. The number of alkyl halides is 3. The van der Waals surface area contributed by atoms with Crippen LogP contribution in [-0.2, 0) is 0 Å². The predicted molar refractivity (Wildman–Crippen MR) is 142 cm³/mol. The third-order valence-corrected chi connectivity index (χ3v) is 5.72. The molecule has 0 saturated heterocycles. The summed E-state index contributed by atoms with van der Waals surface area (Å²) in [6, 6.07) is 13.1. The van der Waals surface area contributed by atoms with Gasteiger partial charge >= 0.3 is 6.18 Å². The molecular formula is C33H19F7O. The highest BCUT2D eigenvalue weighted by Crippen LogP contribution is 2.25. The first-order valence-electron chi connectivity index (χ1n) is 12.3. The molecule has 8 heteroatoms. The Morgan fingerprint density at radius 2 is 1.32 bits per heavy atom. The average molecular weight is 565 g/mol. The van der Waals surface area contributed by atoms with Gasteiger partial charge in [0.05, 0.1) is 23.3 Å². The molecule has 1 nitrogen and oxygen atoms in total. The monoisotopic (exact) mass is 564 g/mol. The lowest BCUT2D eigenvalue weighted by Gasteiger charge is -2.05. The van der Waals surface area contributed by atoms with Crippen LogP contribution >= 0.6 is 0 Å². The summed E-state index contributed by atoms with van der Waals surface area (Å²) in [4.78, 5) is 0. The van der Waals surface area contributed by atoms with E-state index in [4.69, 9.17) is 4.74 Å². The number of rotatable bonds is 4. The minimum absolute atomic E-state index is 0.0190. The van der Waals surface area contributed by atoms with E-state index in [2.05, 4.69) is 23.7 Å². The molecule has 206 valence electrons. The van der Waals surface area contributed by atoms with Crippen LogP contribution in [0.3, 0.4) is 0 Å². The number of benzene rings is 4. The molecule has 0 bridgehead atoms. The van der Waals surface area contributed by atoms with E-state index in [1.165, 1.54) is 48.4 Å². The molecule has 0 atom stereocenters. The van der Waals surface area contributed by atoms with Crippen LogP contribution in [0.25, 0.3) is 10.8 Å². The molecule has 0 N–H and O–H groups in total. The summed E-state index contributed by atoms with van der Waals surface area (Å²) in [6.07, 6.45) is -3.10. The molecule has 0 unspecified atom stereocenters.